The summed E-state index contributed by atoms with van der Waals surface area (Å²) >= 11 is 1.93. The number of nitrogens with one attached hydrogen (secondary N) is 1. The highest BCUT2D eigenvalue weighted by Gasteiger charge is 2.16. The molecule has 1 aliphatic heterocycles. The lowest BCUT2D eigenvalue weighted by molar-refractivity contribution is 0.0820. The lowest BCUT2D eigenvalue weighted by Crippen LogP contribution is -2.37. The van der Waals surface area contributed by atoms with Gasteiger partial charge in [0.15, 0.2) is 0 Å². The molecule has 114 valence electrons. The maximum Gasteiger partial charge on any atom is 0.0564 e. The first kappa shape index (κ1) is 16.0. The molecule has 3 nitrogen and oxygen atoms in total. The molecule has 4 heteroatoms. The van der Waals surface area contributed by atoms with Gasteiger partial charge in [0, 0.05) is 28.9 Å². The Morgan fingerprint density at radius 3 is 2.80 bits per heavy atom. The molecule has 0 aromatic carbocycles. The second-order valence-electron chi connectivity index (χ2n) is 5.76. The van der Waals surface area contributed by atoms with E-state index in [0.717, 1.165) is 45.4 Å². The fraction of sp³-hybridized carbons (Fsp3) is 0.750. The van der Waals surface area contributed by atoms with Gasteiger partial charge in [-0.05, 0) is 57.8 Å². The number of nitrogens with zero attached hydrogens (tertiary/aromatic N) is 1. The summed E-state index contributed by atoms with van der Waals surface area (Å²) in [7, 11) is 0. The van der Waals surface area contributed by atoms with E-state index in [0.29, 0.717) is 6.04 Å². The Bertz CT molecular complexity index is 386. The molecular weight excluding hydrogens is 268 g/mol. The lowest BCUT2D eigenvalue weighted by atomic mass is 10.1. The summed E-state index contributed by atoms with van der Waals surface area (Å²) in [5, 5.41) is 13.1. The van der Waals surface area contributed by atoms with Crippen LogP contribution in [0.4, 0.5) is 0 Å². The molecule has 1 atom stereocenters. The second kappa shape index (κ2) is 8.13. The molecule has 0 aliphatic carbocycles. The zero-order chi connectivity index (χ0) is 14.4. The van der Waals surface area contributed by atoms with E-state index in [9.17, 15) is 5.11 Å². The van der Waals surface area contributed by atoms with Crippen LogP contribution in [-0.2, 0) is 6.42 Å². The highest BCUT2D eigenvalue weighted by Crippen LogP contribution is 2.23. The van der Waals surface area contributed by atoms with Crippen molar-refractivity contribution in [3.8, 4) is 0 Å². The van der Waals surface area contributed by atoms with Crippen molar-refractivity contribution in [2.24, 2.45) is 0 Å². The van der Waals surface area contributed by atoms with Gasteiger partial charge >= 0.3 is 0 Å². The van der Waals surface area contributed by atoms with Crippen LogP contribution >= 0.6 is 11.3 Å². The van der Waals surface area contributed by atoms with Crippen LogP contribution in [0.25, 0.3) is 0 Å². The van der Waals surface area contributed by atoms with Crippen LogP contribution in [0.1, 0.15) is 48.9 Å². The summed E-state index contributed by atoms with van der Waals surface area (Å²) in [5.74, 6) is 0. The molecule has 0 amide bonds. The van der Waals surface area contributed by atoms with Crippen LogP contribution in [0.3, 0.4) is 0 Å². The van der Waals surface area contributed by atoms with Crippen LogP contribution in [0.2, 0.25) is 0 Å². The summed E-state index contributed by atoms with van der Waals surface area (Å²) < 4.78 is 0. The summed E-state index contributed by atoms with van der Waals surface area (Å²) in [6.07, 6.45) is 4.15. The molecule has 2 N–H and O–H groups in total. The van der Waals surface area contributed by atoms with Gasteiger partial charge in [0.05, 0.1) is 6.10 Å². The third-order valence-electron chi connectivity index (χ3n) is 4.12. The van der Waals surface area contributed by atoms with Gasteiger partial charge in [0.25, 0.3) is 0 Å². The first-order valence-corrected chi connectivity index (χ1v) is 8.73. The maximum atomic E-state index is 9.48. The van der Waals surface area contributed by atoms with Crippen molar-refractivity contribution in [3.05, 3.63) is 21.9 Å². The van der Waals surface area contributed by atoms with Gasteiger partial charge in [-0.25, -0.2) is 0 Å². The third-order valence-corrected chi connectivity index (χ3v) is 5.53. The van der Waals surface area contributed by atoms with Gasteiger partial charge in [-0.15, -0.1) is 11.3 Å². The fourth-order valence-corrected chi connectivity index (χ4v) is 3.66. The molecule has 1 aromatic rings. The fourth-order valence-electron chi connectivity index (χ4n) is 2.68. The van der Waals surface area contributed by atoms with Crippen LogP contribution < -0.4 is 5.32 Å². The van der Waals surface area contributed by atoms with Crippen molar-refractivity contribution in [2.45, 2.75) is 51.7 Å². The quantitative estimate of drug-likeness (QED) is 0.760. The normalized spacial score (nSPS) is 19.4. The Labute approximate surface area is 127 Å². The Morgan fingerprint density at radius 1 is 1.40 bits per heavy atom. The molecule has 2 rings (SSSR count). The third kappa shape index (κ3) is 4.85. The zero-order valence-electron chi connectivity index (χ0n) is 12.8. The van der Waals surface area contributed by atoms with Gasteiger partial charge in [-0.2, -0.15) is 0 Å². The molecule has 0 radical (unpaired) electrons. The second-order valence-corrected chi connectivity index (χ2v) is 6.96. The van der Waals surface area contributed by atoms with Crippen molar-refractivity contribution in [2.75, 3.05) is 26.2 Å². The minimum atomic E-state index is -0.0593. The molecule has 1 aromatic heterocycles. The van der Waals surface area contributed by atoms with Gasteiger partial charge in [-0.1, -0.05) is 6.92 Å². The summed E-state index contributed by atoms with van der Waals surface area (Å²) in [6.45, 7) is 8.80. The zero-order valence-corrected chi connectivity index (χ0v) is 13.6. The molecule has 1 unspecified atom stereocenters. The number of hydrogen-bond acceptors (Lipinski definition) is 4. The van der Waals surface area contributed by atoms with Crippen molar-refractivity contribution in [3.63, 3.8) is 0 Å². The first-order chi connectivity index (χ1) is 9.69. The Kier molecular flexibility index (Phi) is 6.49. The minimum absolute atomic E-state index is 0.0593. The first-order valence-electron chi connectivity index (χ1n) is 7.91. The van der Waals surface area contributed by atoms with Crippen molar-refractivity contribution < 1.29 is 5.11 Å². The molecule has 1 aliphatic rings. The molecule has 0 saturated carbocycles. The van der Waals surface area contributed by atoms with E-state index in [1.54, 1.807) is 0 Å². The van der Waals surface area contributed by atoms with E-state index in [-0.39, 0.29) is 6.10 Å². The monoisotopic (exact) mass is 296 g/mol. The van der Waals surface area contributed by atoms with E-state index < -0.39 is 0 Å². The summed E-state index contributed by atoms with van der Waals surface area (Å²) in [6, 6.07) is 4.97. The SMILES string of the molecule is CCc1ccc(C(C)NCCCN2CCC(O)CC2)s1. The molecule has 2 heterocycles. The van der Waals surface area contributed by atoms with Gasteiger partial charge in [0.2, 0.25) is 0 Å². The Hall–Kier alpha value is -0.420. The molecule has 0 bridgehead atoms. The van der Waals surface area contributed by atoms with Crippen LogP contribution in [0, 0.1) is 0 Å². The number of piperidine rings is 1. The number of aryl methyl sites for hydroxylation is 1. The largest absolute Gasteiger partial charge is 0.393 e. The van der Waals surface area contributed by atoms with Gasteiger partial charge in [-0.3, -0.25) is 0 Å². The van der Waals surface area contributed by atoms with Crippen LogP contribution in [0.5, 0.6) is 0 Å². The average Bonchev–Trinajstić information content (AvgIpc) is 2.94. The minimum Gasteiger partial charge on any atom is -0.393 e. The number of likely N-dealkylation sites (tertiary alicyclic amines) is 1. The maximum absolute atomic E-state index is 9.48. The Balaban J connectivity index is 1.60. The number of aliphatic hydroxyl groups excluding tert-OH is 1. The van der Waals surface area contributed by atoms with E-state index >= 15 is 0 Å². The number of rotatable bonds is 7. The number of hydrogen-bond donors (Lipinski definition) is 2. The predicted octanol–water partition coefficient (Wildman–Crippen LogP) is 2.81. The van der Waals surface area contributed by atoms with Crippen molar-refractivity contribution >= 4 is 11.3 Å². The highest BCUT2D eigenvalue weighted by molar-refractivity contribution is 7.12. The summed E-state index contributed by atoms with van der Waals surface area (Å²) in [5.41, 5.74) is 0. The molecule has 1 fully saturated rings. The van der Waals surface area contributed by atoms with Crippen LogP contribution in [0.15, 0.2) is 12.1 Å². The molecule has 1 saturated heterocycles. The Morgan fingerprint density at radius 2 is 2.15 bits per heavy atom. The predicted molar refractivity (Wildman–Crippen MR) is 86.4 cm³/mol. The molecule has 20 heavy (non-hydrogen) atoms. The number of thiophene rings is 1. The van der Waals surface area contributed by atoms with E-state index in [2.05, 4.69) is 36.2 Å². The van der Waals surface area contributed by atoms with E-state index in [1.165, 1.54) is 16.2 Å². The highest BCUT2D eigenvalue weighted by atomic mass is 32.1. The van der Waals surface area contributed by atoms with Crippen molar-refractivity contribution in [1.82, 2.24) is 10.2 Å². The lowest BCUT2D eigenvalue weighted by Gasteiger charge is -2.29. The topological polar surface area (TPSA) is 35.5 Å². The van der Waals surface area contributed by atoms with Crippen LogP contribution in [-0.4, -0.2) is 42.3 Å². The standard InChI is InChI=1S/C16H28N2OS/c1-3-15-5-6-16(20-15)13(2)17-9-4-10-18-11-7-14(19)8-12-18/h5-6,13-14,17,19H,3-4,7-12H2,1-2H3. The van der Waals surface area contributed by atoms with Gasteiger partial charge in [0.1, 0.15) is 0 Å². The number of aliphatic hydroxyl groups is 1. The van der Waals surface area contributed by atoms with Gasteiger partial charge < -0.3 is 15.3 Å². The molecule has 0 spiro atoms. The van der Waals surface area contributed by atoms with Crippen molar-refractivity contribution in [1.29, 1.82) is 0 Å². The average molecular weight is 296 g/mol. The van der Waals surface area contributed by atoms with E-state index in [4.69, 9.17) is 0 Å². The summed E-state index contributed by atoms with van der Waals surface area (Å²) in [4.78, 5) is 5.39. The molecular formula is C16H28N2OS. The van der Waals surface area contributed by atoms with E-state index in [1.807, 2.05) is 11.3 Å². The smallest absolute Gasteiger partial charge is 0.0564 e.